The van der Waals surface area contributed by atoms with Gasteiger partial charge in [-0.2, -0.15) is 0 Å². The monoisotopic (exact) mass is 420 g/mol. The average molecular weight is 421 g/mol. The molecule has 7 heteroatoms. The molecule has 0 bridgehead atoms. The number of likely N-dealkylation sites (tertiary alicyclic amines) is 1. The molecule has 3 heterocycles. The van der Waals surface area contributed by atoms with Gasteiger partial charge in [-0.05, 0) is 74.1 Å². The molecule has 2 aromatic heterocycles. The fraction of sp³-hybridized carbons (Fsp3) is 0.375. The molecule has 1 amide bonds. The fourth-order valence-corrected chi connectivity index (χ4v) is 3.79. The van der Waals surface area contributed by atoms with Gasteiger partial charge in [0.15, 0.2) is 0 Å². The maximum atomic E-state index is 12.4. The lowest BCUT2D eigenvalue weighted by molar-refractivity contribution is 0.0938. The van der Waals surface area contributed by atoms with Crippen molar-refractivity contribution in [1.29, 1.82) is 0 Å². The summed E-state index contributed by atoms with van der Waals surface area (Å²) in [5.41, 5.74) is 7.61. The third-order valence-electron chi connectivity index (χ3n) is 5.75. The zero-order valence-electron chi connectivity index (χ0n) is 17.3. The molecule has 7 nitrogen and oxygen atoms in total. The Kier molecular flexibility index (Phi) is 7.41. The number of nitrogens with one attached hydrogen (secondary N) is 2. The molecule has 4 rings (SSSR count). The number of nitrogens with two attached hydrogens (primary N) is 1. The van der Waals surface area contributed by atoms with E-state index in [-0.39, 0.29) is 13.3 Å². The van der Waals surface area contributed by atoms with E-state index >= 15 is 0 Å². The maximum absolute atomic E-state index is 12.4. The Balaban J connectivity index is 0.00000272. The highest BCUT2D eigenvalue weighted by Gasteiger charge is 2.17. The van der Waals surface area contributed by atoms with E-state index < -0.39 is 0 Å². The second kappa shape index (κ2) is 10.2. The number of hydrogen-bond acceptors (Lipinski definition) is 6. The number of hydrogen-bond donors (Lipinski definition) is 3. The molecular weight excluding hydrogens is 388 g/mol. The van der Waals surface area contributed by atoms with Crippen LogP contribution in [0.4, 0.5) is 11.6 Å². The van der Waals surface area contributed by atoms with E-state index in [2.05, 4.69) is 38.6 Å². The van der Waals surface area contributed by atoms with Gasteiger partial charge in [-0.3, -0.25) is 4.79 Å². The summed E-state index contributed by atoms with van der Waals surface area (Å²) in [6, 6.07) is 11.7. The van der Waals surface area contributed by atoms with Gasteiger partial charge in [0.2, 0.25) is 0 Å². The summed E-state index contributed by atoms with van der Waals surface area (Å²) in [6.45, 7) is 3.56. The van der Waals surface area contributed by atoms with Gasteiger partial charge in [-0.15, -0.1) is 0 Å². The second-order valence-electron chi connectivity index (χ2n) is 7.99. The van der Waals surface area contributed by atoms with Gasteiger partial charge in [0, 0.05) is 30.9 Å². The molecule has 4 N–H and O–H groups in total. The van der Waals surface area contributed by atoms with Crippen LogP contribution in [0.1, 0.15) is 36.2 Å². The molecule has 1 aliphatic heterocycles. The smallest absolute Gasteiger partial charge is 0.252 e. The lowest BCUT2D eigenvalue weighted by atomic mass is 9.97. The van der Waals surface area contributed by atoms with E-state index in [0.29, 0.717) is 23.8 Å². The van der Waals surface area contributed by atoms with Gasteiger partial charge in [0.25, 0.3) is 5.91 Å². The molecule has 0 spiro atoms. The van der Waals surface area contributed by atoms with Crippen molar-refractivity contribution in [1.82, 2.24) is 20.2 Å². The number of fused-ring (bicyclic) bond motifs is 1. The topological polar surface area (TPSA) is 96.2 Å². The van der Waals surface area contributed by atoms with Crippen LogP contribution in [0.5, 0.6) is 0 Å². The third kappa shape index (κ3) is 5.70. The van der Waals surface area contributed by atoms with Gasteiger partial charge in [0.05, 0.1) is 5.56 Å². The number of carbonyl (C=O) groups is 1. The van der Waals surface area contributed by atoms with Crippen molar-refractivity contribution < 1.29 is 4.79 Å². The standard InChI is InChI=1S/C23H28N6O.CH4/c1-29-10-7-16(8-11-29)13-28-23(30)19-3-5-21(27-15-19)26-14-17-2-4-20-18(12-17)6-9-25-22(20)24;/h2-6,9,12,15-16H,7-8,10-11,13-14H2,1H3,(H2,24,25)(H,26,27)(H,28,30);1H4. The first-order valence-electron chi connectivity index (χ1n) is 10.4. The number of nitrogens with zero attached hydrogens (tertiary/aromatic N) is 3. The van der Waals surface area contributed by atoms with E-state index in [0.717, 1.165) is 54.6 Å². The Morgan fingerprint density at radius 1 is 1.16 bits per heavy atom. The Labute approximate surface area is 184 Å². The van der Waals surface area contributed by atoms with Crippen LogP contribution < -0.4 is 16.4 Å². The largest absolute Gasteiger partial charge is 0.383 e. The number of amides is 1. The van der Waals surface area contributed by atoms with Crippen LogP contribution in [0, 0.1) is 5.92 Å². The zero-order chi connectivity index (χ0) is 20.9. The van der Waals surface area contributed by atoms with Crippen molar-refractivity contribution in [3.05, 3.63) is 59.9 Å². The number of nitrogen functional groups attached to an aromatic ring is 1. The molecule has 0 aliphatic carbocycles. The van der Waals surface area contributed by atoms with Crippen LogP contribution in [0.2, 0.25) is 0 Å². The lowest BCUT2D eigenvalue weighted by Gasteiger charge is -2.28. The van der Waals surface area contributed by atoms with Gasteiger partial charge < -0.3 is 21.3 Å². The van der Waals surface area contributed by atoms with Crippen molar-refractivity contribution in [3.8, 4) is 0 Å². The minimum Gasteiger partial charge on any atom is -0.383 e. The summed E-state index contributed by atoms with van der Waals surface area (Å²) in [5, 5.41) is 8.36. The van der Waals surface area contributed by atoms with Crippen LogP contribution in [-0.2, 0) is 6.54 Å². The van der Waals surface area contributed by atoms with Crippen LogP contribution in [0.3, 0.4) is 0 Å². The number of carbonyl (C=O) groups excluding carboxylic acids is 1. The van der Waals surface area contributed by atoms with E-state index in [1.807, 2.05) is 30.3 Å². The summed E-state index contributed by atoms with van der Waals surface area (Å²) in [4.78, 5) is 23.2. The molecule has 1 aromatic carbocycles. The number of rotatable bonds is 6. The van der Waals surface area contributed by atoms with Crippen LogP contribution in [0.25, 0.3) is 10.8 Å². The first-order valence-corrected chi connectivity index (χ1v) is 10.4. The van der Waals surface area contributed by atoms with Gasteiger partial charge in [-0.25, -0.2) is 9.97 Å². The molecule has 0 saturated carbocycles. The highest BCUT2D eigenvalue weighted by atomic mass is 16.1. The minimum atomic E-state index is -0.0614. The highest BCUT2D eigenvalue weighted by molar-refractivity contribution is 5.94. The van der Waals surface area contributed by atoms with Gasteiger partial charge in [0.1, 0.15) is 11.6 Å². The molecule has 1 aliphatic rings. The summed E-state index contributed by atoms with van der Waals surface area (Å²) < 4.78 is 0. The van der Waals surface area contributed by atoms with E-state index in [4.69, 9.17) is 5.73 Å². The summed E-state index contributed by atoms with van der Waals surface area (Å²) >= 11 is 0. The molecule has 164 valence electrons. The van der Waals surface area contributed by atoms with Crippen molar-refractivity contribution in [2.45, 2.75) is 26.8 Å². The Morgan fingerprint density at radius 3 is 2.71 bits per heavy atom. The van der Waals surface area contributed by atoms with Crippen molar-refractivity contribution in [2.75, 3.05) is 37.7 Å². The molecular formula is C24H32N6O. The second-order valence-corrected chi connectivity index (χ2v) is 7.99. The van der Waals surface area contributed by atoms with Gasteiger partial charge >= 0.3 is 0 Å². The SMILES string of the molecule is C.CN1CCC(CNC(=O)c2ccc(NCc3ccc4c(N)nccc4c3)nc2)CC1. The average Bonchev–Trinajstić information content (AvgIpc) is 2.77. The lowest BCUT2D eigenvalue weighted by Crippen LogP contribution is -2.36. The molecule has 1 fully saturated rings. The van der Waals surface area contributed by atoms with Gasteiger partial charge in [-0.1, -0.05) is 19.6 Å². The summed E-state index contributed by atoms with van der Waals surface area (Å²) in [5.74, 6) is 1.77. The Bertz CT molecular complexity index is 1010. The number of pyridine rings is 2. The Hall–Kier alpha value is -3.19. The molecule has 1 saturated heterocycles. The number of benzene rings is 1. The number of aromatic nitrogens is 2. The molecule has 0 unspecified atom stereocenters. The third-order valence-corrected chi connectivity index (χ3v) is 5.75. The molecule has 0 radical (unpaired) electrons. The predicted molar refractivity (Wildman–Crippen MR) is 127 cm³/mol. The predicted octanol–water partition coefficient (Wildman–Crippen LogP) is 3.53. The van der Waals surface area contributed by atoms with E-state index in [1.54, 1.807) is 12.4 Å². The van der Waals surface area contributed by atoms with Crippen molar-refractivity contribution in [2.24, 2.45) is 5.92 Å². The molecule has 3 aromatic rings. The quantitative estimate of drug-likeness (QED) is 0.565. The Morgan fingerprint density at radius 2 is 1.97 bits per heavy atom. The van der Waals surface area contributed by atoms with Crippen LogP contribution >= 0.6 is 0 Å². The van der Waals surface area contributed by atoms with Crippen LogP contribution in [-0.4, -0.2) is 47.5 Å². The number of piperidine rings is 1. The first kappa shape index (κ1) is 22.5. The minimum absolute atomic E-state index is 0. The number of anilines is 2. The highest BCUT2D eigenvalue weighted by Crippen LogP contribution is 2.20. The fourth-order valence-electron chi connectivity index (χ4n) is 3.79. The van der Waals surface area contributed by atoms with E-state index in [9.17, 15) is 4.79 Å². The zero-order valence-corrected chi connectivity index (χ0v) is 17.3. The normalized spacial score (nSPS) is 14.7. The van der Waals surface area contributed by atoms with E-state index in [1.165, 1.54) is 0 Å². The first-order chi connectivity index (χ1) is 14.6. The molecule has 0 atom stereocenters. The summed E-state index contributed by atoms with van der Waals surface area (Å²) in [7, 11) is 2.14. The van der Waals surface area contributed by atoms with Crippen molar-refractivity contribution >= 4 is 28.3 Å². The molecule has 31 heavy (non-hydrogen) atoms. The van der Waals surface area contributed by atoms with Crippen molar-refractivity contribution in [3.63, 3.8) is 0 Å². The van der Waals surface area contributed by atoms with Crippen LogP contribution in [0.15, 0.2) is 48.8 Å². The maximum Gasteiger partial charge on any atom is 0.252 e. The summed E-state index contributed by atoms with van der Waals surface area (Å²) in [6.07, 6.45) is 5.61.